The lowest BCUT2D eigenvalue weighted by molar-refractivity contribution is 0.456. The van der Waals surface area contributed by atoms with Gasteiger partial charge in [-0.05, 0) is 24.5 Å². The molecule has 2 aromatic rings. The maximum atomic E-state index is 12.3. The van der Waals surface area contributed by atoms with E-state index in [9.17, 15) is 9.90 Å². The summed E-state index contributed by atoms with van der Waals surface area (Å²) in [5.74, 6) is 0.529. The summed E-state index contributed by atoms with van der Waals surface area (Å²) in [7, 11) is 0. The zero-order valence-corrected chi connectivity index (χ0v) is 11.0. The fraction of sp³-hybridized carbons (Fsp3) is 0.429. The highest BCUT2D eigenvalue weighted by atomic mass is 16.3. The molecule has 0 bridgehead atoms. The molecule has 1 heterocycles. The average Bonchev–Trinajstić information content (AvgIpc) is 2.37. The Balaban J connectivity index is 2.59. The minimum Gasteiger partial charge on any atom is -0.505 e. The van der Waals surface area contributed by atoms with Gasteiger partial charge in [-0.3, -0.25) is 9.36 Å². The minimum absolute atomic E-state index is 0.0874. The molecule has 1 N–H and O–H groups in total. The largest absolute Gasteiger partial charge is 0.505 e. The van der Waals surface area contributed by atoms with Crippen LogP contribution in [0.1, 0.15) is 25.8 Å². The van der Waals surface area contributed by atoms with E-state index in [0.29, 0.717) is 23.4 Å². The normalized spacial score (nSPS) is 12.8. The summed E-state index contributed by atoms with van der Waals surface area (Å²) in [5.41, 5.74) is 1.03. The van der Waals surface area contributed by atoms with Crippen LogP contribution in [-0.4, -0.2) is 14.7 Å². The molecule has 0 aliphatic carbocycles. The molecule has 4 nitrogen and oxygen atoms in total. The Kier molecular flexibility index (Phi) is 3.36. The van der Waals surface area contributed by atoms with Gasteiger partial charge < -0.3 is 5.11 Å². The van der Waals surface area contributed by atoms with Gasteiger partial charge in [0.1, 0.15) is 11.3 Å². The van der Waals surface area contributed by atoms with Crippen LogP contribution in [0.15, 0.2) is 23.3 Å². The number of phenols is 1. The Morgan fingerprint density at radius 3 is 2.83 bits per heavy atom. The quantitative estimate of drug-likeness (QED) is 0.905. The van der Waals surface area contributed by atoms with Gasteiger partial charge in [-0.1, -0.05) is 26.3 Å². The van der Waals surface area contributed by atoms with Crippen LogP contribution in [0.4, 0.5) is 0 Å². The number of hydrogen-bond acceptors (Lipinski definition) is 3. The van der Waals surface area contributed by atoms with Crippen molar-refractivity contribution in [3.8, 4) is 5.75 Å². The van der Waals surface area contributed by atoms with E-state index in [1.807, 2.05) is 0 Å². The van der Waals surface area contributed by atoms with Crippen molar-refractivity contribution < 1.29 is 5.11 Å². The number of hydrogen-bond donors (Lipinski definition) is 1. The second kappa shape index (κ2) is 4.80. The summed E-state index contributed by atoms with van der Waals surface area (Å²) in [6.45, 7) is 6.65. The zero-order valence-electron chi connectivity index (χ0n) is 11.0. The molecule has 0 aliphatic rings. The van der Waals surface area contributed by atoms with Crippen molar-refractivity contribution in [1.82, 2.24) is 9.55 Å². The zero-order chi connectivity index (χ0) is 13.3. The number of fused-ring (bicyclic) bond motifs is 1. The van der Waals surface area contributed by atoms with Crippen molar-refractivity contribution in [3.05, 3.63) is 34.4 Å². The number of nitrogens with zero attached hydrogens (tertiary/aromatic N) is 2. The lowest BCUT2D eigenvalue weighted by atomic mass is 10.1. The first-order valence-corrected chi connectivity index (χ1v) is 6.22. The predicted molar refractivity (Wildman–Crippen MR) is 71.9 cm³/mol. The van der Waals surface area contributed by atoms with Crippen molar-refractivity contribution >= 4 is 10.9 Å². The maximum absolute atomic E-state index is 12.3. The summed E-state index contributed by atoms with van der Waals surface area (Å²) in [4.78, 5) is 16.5. The van der Waals surface area contributed by atoms with Gasteiger partial charge in [0.25, 0.3) is 5.56 Å². The van der Waals surface area contributed by atoms with Crippen LogP contribution in [0.2, 0.25) is 0 Å². The van der Waals surface area contributed by atoms with E-state index in [1.165, 1.54) is 6.33 Å². The van der Waals surface area contributed by atoms with Gasteiger partial charge in [0.05, 0.1) is 11.7 Å². The number of benzene rings is 1. The number of phenolic OH excluding ortho intramolecular Hbond substituents is 1. The molecule has 0 radical (unpaired) electrons. The Hall–Kier alpha value is -1.84. The van der Waals surface area contributed by atoms with E-state index in [4.69, 9.17) is 0 Å². The van der Waals surface area contributed by atoms with E-state index >= 15 is 0 Å². The Labute approximate surface area is 106 Å². The maximum Gasteiger partial charge on any atom is 0.261 e. The highest BCUT2D eigenvalue weighted by Crippen LogP contribution is 2.23. The standard InChI is InChI=1S/C14H18N2O2/c1-4-9(2)7-16-8-15-12-11(14(16)18)6-5-10(3)13(12)17/h5-6,8-9,17H,4,7H2,1-3H3. The molecule has 2 rings (SSSR count). The SMILES string of the molecule is CCC(C)Cn1cnc2c(O)c(C)ccc2c1=O. The number of rotatable bonds is 3. The van der Waals surface area contributed by atoms with E-state index in [2.05, 4.69) is 18.8 Å². The lowest BCUT2D eigenvalue weighted by Crippen LogP contribution is -2.23. The summed E-state index contributed by atoms with van der Waals surface area (Å²) < 4.78 is 1.62. The van der Waals surface area contributed by atoms with E-state index < -0.39 is 0 Å². The molecular weight excluding hydrogens is 228 g/mol. The third-order valence-corrected chi connectivity index (χ3v) is 3.38. The van der Waals surface area contributed by atoms with Gasteiger partial charge in [-0.25, -0.2) is 4.98 Å². The second-order valence-electron chi connectivity index (χ2n) is 4.84. The second-order valence-corrected chi connectivity index (χ2v) is 4.84. The van der Waals surface area contributed by atoms with Gasteiger partial charge >= 0.3 is 0 Å². The molecule has 0 fully saturated rings. The molecule has 4 heteroatoms. The van der Waals surface area contributed by atoms with Gasteiger partial charge in [0.2, 0.25) is 0 Å². The number of aromatic nitrogens is 2. The first kappa shape index (κ1) is 12.6. The van der Waals surface area contributed by atoms with Crippen LogP contribution in [0, 0.1) is 12.8 Å². The molecule has 18 heavy (non-hydrogen) atoms. The van der Waals surface area contributed by atoms with Crippen molar-refractivity contribution in [3.63, 3.8) is 0 Å². The van der Waals surface area contributed by atoms with Gasteiger partial charge in [-0.2, -0.15) is 0 Å². The summed E-state index contributed by atoms with van der Waals surface area (Å²) in [5, 5.41) is 10.4. The van der Waals surface area contributed by atoms with Crippen LogP contribution in [0.3, 0.4) is 0 Å². The monoisotopic (exact) mass is 246 g/mol. The Bertz CT molecular complexity index is 631. The van der Waals surface area contributed by atoms with Crippen molar-refractivity contribution in [2.75, 3.05) is 0 Å². The smallest absolute Gasteiger partial charge is 0.261 e. The van der Waals surface area contributed by atoms with Gasteiger partial charge in [0, 0.05) is 6.54 Å². The molecule has 1 unspecified atom stereocenters. The van der Waals surface area contributed by atoms with E-state index in [-0.39, 0.29) is 11.3 Å². The average molecular weight is 246 g/mol. The lowest BCUT2D eigenvalue weighted by Gasteiger charge is -2.12. The van der Waals surface area contributed by atoms with Gasteiger partial charge in [0.15, 0.2) is 0 Å². The third-order valence-electron chi connectivity index (χ3n) is 3.38. The highest BCUT2D eigenvalue weighted by Gasteiger charge is 2.10. The van der Waals surface area contributed by atoms with Crippen LogP contribution < -0.4 is 5.56 Å². The van der Waals surface area contributed by atoms with Crippen molar-refractivity contribution in [1.29, 1.82) is 0 Å². The highest BCUT2D eigenvalue weighted by molar-refractivity contribution is 5.84. The van der Waals surface area contributed by atoms with E-state index in [0.717, 1.165) is 12.0 Å². The van der Waals surface area contributed by atoms with Crippen LogP contribution in [0.5, 0.6) is 5.75 Å². The summed E-state index contributed by atoms with van der Waals surface area (Å²) in [6, 6.07) is 3.47. The molecular formula is C14H18N2O2. The number of aryl methyl sites for hydroxylation is 1. The third kappa shape index (κ3) is 2.10. The molecule has 0 saturated heterocycles. The fourth-order valence-corrected chi connectivity index (χ4v) is 1.91. The van der Waals surface area contributed by atoms with Crippen molar-refractivity contribution in [2.24, 2.45) is 5.92 Å². The summed E-state index contributed by atoms with van der Waals surface area (Å²) in [6.07, 6.45) is 2.54. The Morgan fingerprint density at radius 2 is 2.17 bits per heavy atom. The molecule has 1 aromatic carbocycles. The Morgan fingerprint density at radius 1 is 1.44 bits per heavy atom. The van der Waals surface area contributed by atoms with Crippen LogP contribution in [-0.2, 0) is 6.54 Å². The summed E-state index contributed by atoms with van der Waals surface area (Å²) >= 11 is 0. The molecule has 0 saturated carbocycles. The first-order valence-electron chi connectivity index (χ1n) is 6.22. The molecule has 0 aliphatic heterocycles. The molecule has 0 amide bonds. The van der Waals surface area contributed by atoms with Crippen LogP contribution >= 0.6 is 0 Å². The minimum atomic E-state index is -0.0874. The molecule has 1 aromatic heterocycles. The molecule has 1 atom stereocenters. The van der Waals surface area contributed by atoms with E-state index in [1.54, 1.807) is 23.6 Å². The van der Waals surface area contributed by atoms with Crippen LogP contribution in [0.25, 0.3) is 10.9 Å². The van der Waals surface area contributed by atoms with Crippen molar-refractivity contribution in [2.45, 2.75) is 33.7 Å². The molecule has 96 valence electrons. The molecule has 0 spiro atoms. The predicted octanol–water partition coefficient (Wildman–Crippen LogP) is 2.46. The van der Waals surface area contributed by atoms with Gasteiger partial charge in [-0.15, -0.1) is 0 Å². The topological polar surface area (TPSA) is 55.1 Å². The fourth-order valence-electron chi connectivity index (χ4n) is 1.91. The number of aromatic hydroxyl groups is 1. The first-order chi connectivity index (χ1) is 8.54.